The first-order valence-corrected chi connectivity index (χ1v) is 14.6. The monoisotopic (exact) mass is 562 g/mol. The average molecular weight is 563 g/mol. The highest BCUT2D eigenvalue weighted by molar-refractivity contribution is 6.06. The summed E-state index contributed by atoms with van der Waals surface area (Å²) in [6.45, 7) is 0. The molecule has 0 spiro atoms. The predicted octanol–water partition coefficient (Wildman–Crippen LogP) is 10.5. The van der Waals surface area contributed by atoms with Gasteiger partial charge in [-0.2, -0.15) is 0 Å². The Morgan fingerprint density at radius 3 is 1.82 bits per heavy atom. The van der Waals surface area contributed by atoms with Gasteiger partial charge in [-0.05, 0) is 75.4 Å². The van der Waals surface area contributed by atoms with Gasteiger partial charge in [0.2, 0.25) is 0 Å². The van der Waals surface area contributed by atoms with Gasteiger partial charge in [0.05, 0.1) is 0 Å². The zero-order chi connectivity index (χ0) is 30.0. The number of carbonyl (C=O) groups excluding carboxylic acids is 1. The highest BCUT2D eigenvalue weighted by Crippen LogP contribution is 2.26. The summed E-state index contributed by atoms with van der Waals surface area (Å²) in [6, 6.07) is 53.0. The van der Waals surface area contributed by atoms with Crippen LogP contribution in [0.1, 0.15) is 38.2 Å². The van der Waals surface area contributed by atoms with E-state index in [-0.39, 0.29) is 5.78 Å². The van der Waals surface area contributed by atoms with Crippen LogP contribution in [-0.2, 0) is 0 Å². The molecule has 0 heterocycles. The molecule has 0 saturated carbocycles. The van der Waals surface area contributed by atoms with Crippen molar-refractivity contribution in [1.29, 1.82) is 0 Å². The third kappa shape index (κ3) is 7.26. The zero-order valence-corrected chi connectivity index (χ0v) is 24.2. The van der Waals surface area contributed by atoms with Gasteiger partial charge in [0.25, 0.3) is 0 Å². The predicted molar refractivity (Wildman–Crippen MR) is 185 cm³/mol. The summed E-state index contributed by atoms with van der Waals surface area (Å²) in [5.41, 5.74) is 10.3. The molecule has 0 fully saturated rings. The summed E-state index contributed by atoms with van der Waals surface area (Å²) in [6.07, 6.45) is 7.77. The quantitative estimate of drug-likeness (QED) is 0.0819. The minimum absolute atomic E-state index is 0.0102. The summed E-state index contributed by atoms with van der Waals surface area (Å²) in [7, 11) is 0. The van der Waals surface area contributed by atoms with Crippen LogP contribution in [0.4, 0.5) is 0 Å². The van der Waals surface area contributed by atoms with Gasteiger partial charge in [-0.1, -0.05) is 157 Å². The number of benzene rings is 6. The molecular weight excluding hydrogens is 532 g/mol. The molecule has 0 aromatic heterocycles. The average Bonchev–Trinajstić information content (AvgIpc) is 3.10. The number of hydrogen-bond acceptors (Lipinski definition) is 1. The van der Waals surface area contributed by atoms with E-state index in [0.717, 1.165) is 44.5 Å². The Morgan fingerprint density at radius 2 is 1.02 bits per heavy atom. The van der Waals surface area contributed by atoms with Gasteiger partial charge in [0, 0.05) is 16.7 Å². The van der Waals surface area contributed by atoms with E-state index in [2.05, 4.69) is 103 Å². The SMILES string of the molecule is O=C(/C=C/c1cccc(-c2cccc(C#Cc3ccccc3-c3cccc(/C=C/c4ccccc4)c3)c2)c1)c1ccccc1. The van der Waals surface area contributed by atoms with Gasteiger partial charge in [0.1, 0.15) is 0 Å². The van der Waals surface area contributed by atoms with Crippen molar-refractivity contribution >= 4 is 24.0 Å². The van der Waals surface area contributed by atoms with Crippen LogP contribution in [0.3, 0.4) is 0 Å². The summed E-state index contributed by atoms with van der Waals surface area (Å²) in [5, 5.41) is 0. The van der Waals surface area contributed by atoms with Crippen LogP contribution in [0.5, 0.6) is 0 Å². The molecule has 0 atom stereocenters. The third-order valence-electron chi connectivity index (χ3n) is 7.30. The molecule has 0 saturated heterocycles. The Kier molecular flexibility index (Phi) is 8.83. The Hall–Kier alpha value is -5.97. The van der Waals surface area contributed by atoms with Crippen molar-refractivity contribution in [3.63, 3.8) is 0 Å². The fraction of sp³-hybridized carbons (Fsp3) is 0. The van der Waals surface area contributed by atoms with Gasteiger partial charge in [0.15, 0.2) is 5.78 Å². The largest absolute Gasteiger partial charge is 0.289 e. The highest BCUT2D eigenvalue weighted by Gasteiger charge is 2.05. The second-order valence-corrected chi connectivity index (χ2v) is 10.4. The van der Waals surface area contributed by atoms with Gasteiger partial charge >= 0.3 is 0 Å². The molecule has 6 rings (SSSR count). The molecule has 44 heavy (non-hydrogen) atoms. The summed E-state index contributed by atoms with van der Waals surface area (Å²) in [5.74, 6) is 6.81. The number of ketones is 1. The molecule has 6 aromatic carbocycles. The Labute approximate surface area is 259 Å². The van der Waals surface area contributed by atoms with Crippen molar-refractivity contribution in [3.05, 3.63) is 197 Å². The number of allylic oxidation sites excluding steroid dienone is 1. The van der Waals surface area contributed by atoms with Crippen molar-refractivity contribution in [1.82, 2.24) is 0 Å². The van der Waals surface area contributed by atoms with E-state index in [1.807, 2.05) is 84.9 Å². The zero-order valence-electron chi connectivity index (χ0n) is 24.2. The van der Waals surface area contributed by atoms with Crippen LogP contribution in [-0.4, -0.2) is 5.78 Å². The van der Waals surface area contributed by atoms with Crippen LogP contribution in [0.2, 0.25) is 0 Å². The second kappa shape index (κ2) is 13.8. The summed E-state index contributed by atoms with van der Waals surface area (Å²) in [4.78, 5) is 12.5. The van der Waals surface area contributed by atoms with E-state index >= 15 is 0 Å². The van der Waals surface area contributed by atoms with E-state index in [9.17, 15) is 4.79 Å². The van der Waals surface area contributed by atoms with Crippen LogP contribution in [0.15, 0.2) is 164 Å². The highest BCUT2D eigenvalue weighted by atomic mass is 16.1. The Morgan fingerprint density at radius 1 is 0.455 bits per heavy atom. The molecule has 1 nitrogen and oxygen atoms in total. The van der Waals surface area contributed by atoms with E-state index in [4.69, 9.17) is 0 Å². The van der Waals surface area contributed by atoms with Gasteiger partial charge < -0.3 is 0 Å². The molecule has 208 valence electrons. The molecule has 0 radical (unpaired) electrons. The van der Waals surface area contributed by atoms with Crippen LogP contribution < -0.4 is 0 Å². The van der Waals surface area contributed by atoms with Crippen LogP contribution >= 0.6 is 0 Å². The van der Waals surface area contributed by atoms with E-state index in [0.29, 0.717) is 5.56 Å². The number of hydrogen-bond donors (Lipinski definition) is 0. The van der Waals surface area contributed by atoms with Gasteiger partial charge in [-0.25, -0.2) is 0 Å². The normalized spacial score (nSPS) is 10.9. The molecule has 6 aromatic rings. The van der Waals surface area contributed by atoms with Gasteiger partial charge in [-0.15, -0.1) is 0 Å². The van der Waals surface area contributed by atoms with Crippen molar-refractivity contribution in [3.8, 4) is 34.1 Å². The van der Waals surface area contributed by atoms with E-state index in [1.165, 1.54) is 5.56 Å². The van der Waals surface area contributed by atoms with E-state index < -0.39 is 0 Å². The van der Waals surface area contributed by atoms with E-state index in [1.54, 1.807) is 6.08 Å². The van der Waals surface area contributed by atoms with Crippen molar-refractivity contribution in [2.24, 2.45) is 0 Å². The second-order valence-electron chi connectivity index (χ2n) is 10.4. The Balaban J connectivity index is 1.22. The Bertz CT molecular complexity index is 2020. The topological polar surface area (TPSA) is 17.1 Å². The fourth-order valence-corrected chi connectivity index (χ4v) is 5.02. The molecule has 1 heteroatoms. The van der Waals surface area contributed by atoms with Gasteiger partial charge in [-0.3, -0.25) is 4.79 Å². The maximum atomic E-state index is 12.5. The van der Waals surface area contributed by atoms with Crippen molar-refractivity contribution < 1.29 is 4.79 Å². The number of rotatable bonds is 7. The first-order chi connectivity index (χ1) is 21.7. The van der Waals surface area contributed by atoms with Crippen molar-refractivity contribution in [2.45, 2.75) is 0 Å². The summed E-state index contributed by atoms with van der Waals surface area (Å²) >= 11 is 0. The summed E-state index contributed by atoms with van der Waals surface area (Å²) < 4.78 is 0. The first kappa shape index (κ1) is 28.2. The van der Waals surface area contributed by atoms with Crippen LogP contribution in [0, 0.1) is 11.8 Å². The molecule has 0 aliphatic heterocycles. The lowest BCUT2D eigenvalue weighted by molar-refractivity contribution is 0.104. The molecule has 0 amide bonds. The minimum Gasteiger partial charge on any atom is -0.289 e. The smallest absolute Gasteiger partial charge is 0.185 e. The standard InChI is InChI=1S/C43H30O/c44-43(38-18-5-2-6-19-38)29-27-36-15-10-21-40(31-36)39-20-9-14-35(30-39)26-28-37-17-7-8-23-42(37)41-22-11-16-34(32-41)25-24-33-12-3-1-4-13-33/h1-25,27,29-32H/b25-24+,29-27+. The lowest BCUT2D eigenvalue weighted by atomic mass is 9.97. The minimum atomic E-state index is -0.0102. The molecule has 0 N–H and O–H groups in total. The fourth-order valence-electron chi connectivity index (χ4n) is 5.02. The first-order valence-electron chi connectivity index (χ1n) is 14.6. The third-order valence-corrected chi connectivity index (χ3v) is 7.30. The maximum absolute atomic E-state index is 12.5. The molecule has 0 bridgehead atoms. The number of carbonyl (C=O) groups is 1. The molecule has 0 aliphatic carbocycles. The molecule has 0 aliphatic rings. The van der Waals surface area contributed by atoms with Crippen molar-refractivity contribution in [2.75, 3.05) is 0 Å². The lowest BCUT2D eigenvalue weighted by Gasteiger charge is -2.06. The maximum Gasteiger partial charge on any atom is 0.185 e. The lowest BCUT2D eigenvalue weighted by Crippen LogP contribution is -1.92. The molecule has 0 unspecified atom stereocenters. The molecular formula is C43H30O. The van der Waals surface area contributed by atoms with Crippen LogP contribution in [0.25, 0.3) is 40.5 Å².